The van der Waals surface area contributed by atoms with Gasteiger partial charge in [-0.1, -0.05) is 46.8 Å². The minimum atomic E-state index is -0.0492. The lowest BCUT2D eigenvalue weighted by Gasteiger charge is -2.18. The van der Waals surface area contributed by atoms with Crippen LogP contribution in [0.1, 0.15) is 51.8 Å². The molecule has 0 spiro atoms. The highest BCUT2D eigenvalue weighted by molar-refractivity contribution is 5.79. The Morgan fingerprint density at radius 2 is 1.77 bits per heavy atom. The minimum Gasteiger partial charge on any atom is -0.492 e. The molecule has 0 atom stereocenters. The Hall–Kier alpha value is -2.54. The Labute approximate surface area is 180 Å². The van der Waals surface area contributed by atoms with Gasteiger partial charge in [0.15, 0.2) is 5.96 Å². The molecule has 30 heavy (non-hydrogen) atoms. The van der Waals surface area contributed by atoms with Crippen molar-refractivity contribution in [2.24, 2.45) is 4.99 Å². The molecule has 2 N–H and O–H groups in total. The largest absolute Gasteiger partial charge is 0.492 e. The molecule has 7 nitrogen and oxygen atoms in total. The summed E-state index contributed by atoms with van der Waals surface area (Å²) in [5.41, 5.74) is 1.10. The molecule has 0 unspecified atom stereocenters. The van der Waals surface area contributed by atoms with E-state index in [4.69, 9.17) is 9.15 Å². The van der Waals surface area contributed by atoms with E-state index in [1.807, 2.05) is 12.1 Å². The minimum absolute atomic E-state index is 0.0492. The number of benzene rings is 1. The molecule has 0 bridgehead atoms. The standard InChI is InChI=1S/C23H37N5O2/c1-7-28(8-2)13-14-29-19-11-9-18(10-12-19)15-26-22(24-6)27-17-21-25-16-20(30-21)23(3,4)5/h9-12,16H,7-8,13-15,17H2,1-6H3,(H2,24,26,27). The van der Waals surface area contributed by atoms with Gasteiger partial charge in [-0.15, -0.1) is 0 Å². The zero-order valence-electron chi connectivity index (χ0n) is 19.3. The first-order chi connectivity index (χ1) is 14.4. The van der Waals surface area contributed by atoms with Crippen molar-refractivity contribution in [3.63, 3.8) is 0 Å². The van der Waals surface area contributed by atoms with Crippen LogP contribution in [0.4, 0.5) is 0 Å². The number of likely N-dealkylation sites (N-methyl/N-ethyl adjacent to an activating group) is 1. The van der Waals surface area contributed by atoms with E-state index in [1.165, 1.54) is 0 Å². The van der Waals surface area contributed by atoms with Crippen LogP contribution in [0.5, 0.6) is 5.75 Å². The lowest BCUT2D eigenvalue weighted by Crippen LogP contribution is -2.36. The Morgan fingerprint density at radius 1 is 1.10 bits per heavy atom. The van der Waals surface area contributed by atoms with Crippen LogP contribution in [0.25, 0.3) is 0 Å². The monoisotopic (exact) mass is 415 g/mol. The maximum absolute atomic E-state index is 5.84. The van der Waals surface area contributed by atoms with Crippen LogP contribution < -0.4 is 15.4 Å². The number of hydrogen-bond donors (Lipinski definition) is 2. The van der Waals surface area contributed by atoms with Gasteiger partial charge in [0, 0.05) is 25.6 Å². The van der Waals surface area contributed by atoms with Gasteiger partial charge in [0.2, 0.25) is 5.89 Å². The molecule has 7 heteroatoms. The third-order valence-corrected chi connectivity index (χ3v) is 4.88. The lowest BCUT2D eigenvalue weighted by atomic mass is 9.94. The highest BCUT2D eigenvalue weighted by Crippen LogP contribution is 2.22. The van der Waals surface area contributed by atoms with Crippen LogP contribution in [0.2, 0.25) is 0 Å². The SMILES string of the molecule is CCN(CC)CCOc1ccc(CNC(=NC)NCc2ncc(C(C)(C)C)o2)cc1. The summed E-state index contributed by atoms with van der Waals surface area (Å²) in [6, 6.07) is 8.15. The van der Waals surface area contributed by atoms with Crippen molar-refractivity contribution in [3.05, 3.63) is 47.7 Å². The van der Waals surface area contributed by atoms with Crippen LogP contribution in [0.15, 0.2) is 39.9 Å². The Kier molecular flexibility index (Phi) is 9.17. The molecule has 0 amide bonds. The number of hydrogen-bond acceptors (Lipinski definition) is 5. The van der Waals surface area contributed by atoms with E-state index in [-0.39, 0.29) is 5.41 Å². The van der Waals surface area contributed by atoms with Crippen LogP contribution in [0.3, 0.4) is 0 Å². The second kappa shape index (κ2) is 11.6. The average Bonchev–Trinajstić information content (AvgIpc) is 3.22. The van der Waals surface area contributed by atoms with E-state index in [2.05, 4.69) is 72.3 Å². The van der Waals surface area contributed by atoms with E-state index in [0.29, 0.717) is 31.5 Å². The van der Waals surface area contributed by atoms with Crippen LogP contribution in [-0.2, 0) is 18.5 Å². The fraction of sp³-hybridized carbons (Fsp3) is 0.565. The normalized spacial score (nSPS) is 12.3. The van der Waals surface area contributed by atoms with Gasteiger partial charge in [-0.25, -0.2) is 4.98 Å². The summed E-state index contributed by atoms with van der Waals surface area (Å²) in [4.78, 5) is 10.9. The Balaban J connectivity index is 1.76. The molecular formula is C23H37N5O2. The summed E-state index contributed by atoms with van der Waals surface area (Å²) in [7, 11) is 1.75. The van der Waals surface area contributed by atoms with Gasteiger partial charge < -0.3 is 24.7 Å². The van der Waals surface area contributed by atoms with Crippen molar-refractivity contribution in [2.75, 3.05) is 33.3 Å². The molecule has 166 valence electrons. The zero-order valence-corrected chi connectivity index (χ0v) is 19.3. The van der Waals surface area contributed by atoms with Crippen molar-refractivity contribution in [1.29, 1.82) is 0 Å². The summed E-state index contributed by atoms with van der Waals surface area (Å²) >= 11 is 0. The molecule has 0 aliphatic heterocycles. The van der Waals surface area contributed by atoms with Gasteiger partial charge in [-0.05, 0) is 30.8 Å². The first-order valence-corrected chi connectivity index (χ1v) is 10.7. The fourth-order valence-electron chi connectivity index (χ4n) is 2.84. The maximum atomic E-state index is 5.84. The highest BCUT2D eigenvalue weighted by atomic mass is 16.5. The molecular weight excluding hydrogens is 378 g/mol. The highest BCUT2D eigenvalue weighted by Gasteiger charge is 2.19. The number of nitrogens with one attached hydrogen (secondary N) is 2. The molecule has 0 saturated heterocycles. The second-order valence-corrected chi connectivity index (χ2v) is 8.17. The van der Waals surface area contributed by atoms with Crippen LogP contribution in [-0.4, -0.2) is 49.1 Å². The number of oxazole rings is 1. The quantitative estimate of drug-likeness (QED) is 0.457. The summed E-state index contributed by atoms with van der Waals surface area (Å²) in [5.74, 6) is 3.12. The van der Waals surface area contributed by atoms with E-state index < -0.39 is 0 Å². The number of ether oxygens (including phenoxy) is 1. The van der Waals surface area contributed by atoms with Crippen molar-refractivity contribution in [2.45, 2.75) is 53.1 Å². The van der Waals surface area contributed by atoms with Crippen molar-refractivity contribution in [3.8, 4) is 5.75 Å². The van der Waals surface area contributed by atoms with Gasteiger partial charge in [0.25, 0.3) is 0 Å². The first kappa shape index (κ1) is 23.7. The molecule has 2 aromatic rings. The van der Waals surface area contributed by atoms with Gasteiger partial charge in [-0.2, -0.15) is 0 Å². The third kappa shape index (κ3) is 7.71. The van der Waals surface area contributed by atoms with Gasteiger partial charge in [-0.3, -0.25) is 4.99 Å². The Morgan fingerprint density at radius 3 is 2.33 bits per heavy atom. The zero-order chi connectivity index (χ0) is 22.0. The molecule has 0 aliphatic carbocycles. The predicted octanol–water partition coefficient (Wildman–Crippen LogP) is 3.56. The van der Waals surface area contributed by atoms with Gasteiger partial charge in [0.05, 0.1) is 12.7 Å². The van der Waals surface area contributed by atoms with E-state index in [0.717, 1.165) is 36.7 Å². The molecule has 0 saturated carbocycles. The van der Waals surface area contributed by atoms with E-state index >= 15 is 0 Å². The fourth-order valence-corrected chi connectivity index (χ4v) is 2.84. The molecule has 1 aromatic heterocycles. The van der Waals surface area contributed by atoms with Crippen LogP contribution in [0, 0.1) is 0 Å². The number of rotatable bonds is 10. The summed E-state index contributed by atoms with van der Waals surface area (Å²) in [6.07, 6.45) is 1.79. The first-order valence-electron chi connectivity index (χ1n) is 10.7. The van der Waals surface area contributed by atoms with Gasteiger partial charge >= 0.3 is 0 Å². The number of aromatic nitrogens is 1. The molecule has 1 aromatic carbocycles. The number of aliphatic imine (C=N–C) groups is 1. The number of guanidine groups is 1. The van der Waals surface area contributed by atoms with Crippen LogP contribution >= 0.6 is 0 Å². The van der Waals surface area contributed by atoms with Crippen molar-refractivity contribution in [1.82, 2.24) is 20.5 Å². The van der Waals surface area contributed by atoms with E-state index in [9.17, 15) is 0 Å². The summed E-state index contributed by atoms with van der Waals surface area (Å²) in [6.45, 7) is 15.5. The molecule has 0 fully saturated rings. The average molecular weight is 416 g/mol. The summed E-state index contributed by atoms with van der Waals surface area (Å²) < 4.78 is 11.6. The third-order valence-electron chi connectivity index (χ3n) is 4.88. The Bertz CT molecular complexity index is 774. The molecule has 0 radical (unpaired) electrons. The smallest absolute Gasteiger partial charge is 0.213 e. The topological polar surface area (TPSA) is 74.9 Å². The molecule has 1 heterocycles. The van der Waals surface area contributed by atoms with Crippen molar-refractivity contribution < 1.29 is 9.15 Å². The summed E-state index contributed by atoms with van der Waals surface area (Å²) in [5, 5.41) is 6.54. The number of nitrogens with zero attached hydrogens (tertiary/aromatic N) is 3. The predicted molar refractivity (Wildman–Crippen MR) is 122 cm³/mol. The maximum Gasteiger partial charge on any atom is 0.213 e. The van der Waals surface area contributed by atoms with Crippen molar-refractivity contribution >= 4 is 5.96 Å². The molecule has 0 aliphatic rings. The lowest BCUT2D eigenvalue weighted by molar-refractivity contribution is 0.223. The second-order valence-electron chi connectivity index (χ2n) is 8.17. The van der Waals surface area contributed by atoms with E-state index in [1.54, 1.807) is 13.2 Å². The van der Waals surface area contributed by atoms with Gasteiger partial charge in [0.1, 0.15) is 18.1 Å². The molecule has 2 rings (SSSR count).